The predicted octanol–water partition coefficient (Wildman–Crippen LogP) is 4.48. The molecule has 0 saturated heterocycles. The molecule has 1 amide bonds. The fraction of sp³-hybridized carbons (Fsp3) is 0.300. The molecule has 0 unspecified atom stereocenters. The zero-order valence-electron chi connectivity index (χ0n) is 14.6. The van der Waals surface area contributed by atoms with Gasteiger partial charge in [-0.2, -0.15) is 0 Å². The van der Waals surface area contributed by atoms with Crippen molar-refractivity contribution in [3.63, 3.8) is 0 Å². The molecule has 0 aliphatic carbocycles. The first-order valence-electron chi connectivity index (χ1n) is 8.05. The number of amides is 1. The molecule has 2 aromatic rings. The first kappa shape index (κ1) is 18.6. The van der Waals surface area contributed by atoms with Gasteiger partial charge in [0.15, 0.2) is 0 Å². The van der Waals surface area contributed by atoms with Crippen molar-refractivity contribution in [2.24, 2.45) is 5.41 Å². The number of rotatable bonds is 5. The van der Waals surface area contributed by atoms with Gasteiger partial charge >= 0.3 is 5.97 Å². The molecule has 0 aliphatic rings. The number of carbonyl (C=O) groups excluding carboxylic acids is 2. The minimum atomic E-state index is -1.07. The third-order valence-corrected chi connectivity index (χ3v) is 3.38. The fourth-order valence-electron chi connectivity index (χ4n) is 2.25. The number of carbonyl (C=O) groups is 2. The maximum Gasteiger partial charge on any atom is 0.307 e. The molecule has 25 heavy (non-hydrogen) atoms. The van der Waals surface area contributed by atoms with Crippen LogP contribution >= 0.6 is 0 Å². The second-order valence-corrected chi connectivity index (χ2v) is 7.01. The Morgan fingerprint density at radius 1 is 1.04 bits per heavy atom. The Bertz CT molecular complexity index is 721. The molecule has 0 fully saturated rings. The molecule has 0 aromatic heterocycles. The molecule has 2 aromatic carbocycles. The molecule has 0 aliphatic heterocycles. The first-order chi connectivity index (χ1) is 11.7. The van der Waals surface area contributed by atoms with Crippen LogP contribution in [0.3, 0.4) is 0 Å². The minimum absolute atomic E-state index is 0.195. The predicted molar refractivity (Wildman–Crippen MR) is 94.4 cm³/mol. The normalized spacial score (nSPS) is 12.3. The van der Waals surface area contributed by atoms with E-state index in [0.29, 0.717) is 11.3 Å². The second-order valence-electron chi connectivity index (χ2n) is 7.01. The van der Waals surface area contributed by atoms with Crippen LogP contribution in [0.15, 0.2) is 54.6 Å². The van der Waals surface area contributed by atoms with E-state index >= 15 is 0 Å². The highest BCUT2D eigenvalue weighted by molar-refractivity contribution is 5.96. The quantitative estimate of drug-likeness (QED) is 0.814. The number of halogens is 1. The molecular weight excluding hydrogens is 321 g/mol. The van der Waals surface area contributed by atoms with Gasteiger partial charge in [-0.05, 0) is 29.7 Å². The van der Waals surface area contributed by atoms with E-state index in [0.717, 1.165) is 0 Å². The van der Waals surface area contributed by atoms with E-state index in [1.54, 1.807) is 24.3 Å². The van der Waals surface area contributed by atoms with Gasteiger partial charge in [0, 0.05) is 11.3 Å². The van der Waals surface area contributed by atoms with E-state index in [9.17, 15) is 14.0 Å². The fourth-order valence-corrected chi connectivity index (χ4v) is 2.25. The van der Waals surface area contributed by atoms with E-state index in [1.165, 1.54) is 24.3 Å². The summed E-state index contributed by atoms with van der Waals surface area (Å²) in [7, 11) is 0. The van der Waals surface area contributed by atoms with E-state index in [4.69, 9.17) is 4.74 Å². The molecule has 4 nitrogen and oxygen atoms in total. The van der Waals surface area contributed by atoms with Crippen molar-refractivity contribution in [1.82, 2.24) is 0 Å². The van der Waals surface area contributed by atoms with Crippen LogP contribution < -0.4 is 5.32 Å². The summed E-state index contributed by atoms with van der Waals surface area (Å²) < 4.78 is 18.4. The van der Waals surface area contributed by atoms with Crippen molar-refractivity contribution >= 4 is 17.6 Å². The van der Waals surface area contributed by atoms with Crippen molar-refractivity contribution in [1.29, 1.82) is 0 Å². The maximum absolute atomic E-state index is 13.0. The second kappa shape index (κ2) is 7.92. The van der Waals surface area contributed by atoms with Crippen LogP contribution in [0.5, 0.6) is 0 Å². The van der Waals surface area contributed by atoms with Crippen LogP contribution in [0.25, 0.3) is 0 Å². The van der Waals surface area contributed by atoms with Crippen molar-refractivity contribution in [2.45, 2.75) is 33.3 Å². The standard InChI is InChI=1S/C20H22FNO3/c1-20(2,3)13-17(23)25-18(14-7-5-4-6-8-14)19(24)22-16-11-9-15(21)10-12-16/h4-12,18H,13H2,1-3H3,(H,22,24)/t18-/m0/s1. The molecule has 132 valence electrons. The third-order valence-electron chi connectivity index (χ3n) is 3.38. The van der Waals surface area contributed by atoms with E-state index < -0.39 is 23.8 Å². The number of anilines is 1. The molecule has 5 heteroatoms. The highest BCUT2D eigenvalue weighted by Crippen LogP contribution is 2.24. The van der Waals surface area contributed by atoms with E-state index in [-0.39, 0.29) is 11.8 Å². The Morgan fingerprint density at radius 2 is 1.64 bits per heavy atom. The van der Waals surface area contributed by atoms with Gasteiger partial charge in [-0.25, -0.2) is 4.39 Å². The van der Waals surface area contributed by atoms with Gasteiger partial charge in [0.25, 0.3) is 5.91 Å². The topological polar surface area (TPSA) is 55.4 Å². The maximum atomic E-state index is 13.0. The molecule has 1 atom stereocenters. The van der Waals surface area contributed by atoms with Crippen molar-refractivity contribution in [3.8, 4) is 0 Å². The van der Waals surface area contributed by atoms with Crippen LogP contribution in [0, 0.1) is 11.2 Å². The molecule has 2 rings (SSSR count). The Hall–Kier alpha value is -2.69. The first-order valence-corrected chi connectivity index (χ1v) is 8.05. The number of esters is 1. The Kier molecular flexibility index (Phi) is 5.91. The Morgan fingerprint density at radius 3 is 2.20 bits per heavy atom. The largest absolute Gasteiger partial charge is 0.447 e. The number of ether oxygens (including phenoxy) is 1. The average Bonchev–Trinajstić information content (AvgIpc) is 2.54. The summed E-state index contributed by atoms with van der Waals surface area (Å²) in [4.78, 5) is 24.8. The van der Waals surface area contributed by atoms with Crippen LogP contribution in [0.1, 0.15) is 38.9 Å². The summed E-state index contributed by atoms with van der Waals surface area (Å²) in [6, 6.07) is 14.2. The lowest BCUT2D eigenvalue weighted by Crippen LogP contribution is -2.27. The molecule has 0 saturated carbocycles. The van der Waals surface area contributed by atoms with Gasteiger partial charge in [0.2, 0.25) is 6.10 Å². The lowest BCUT2D eigenvalue weighted by molar-refractivity contribution is -0.156. The molecule has 0 heterocycles. The SMILES string of the molecule is CC(C)(C)CC(=O)O[C@H](C(=O)Nc1ccc(F)cc1)c1ccccc1. The van der Waals surface area contributed by atoms with Crippen molar-refractivity contribution in [3.05, 3.63) is 66.0 Å². The molecule has 0 radical (unpaired) electrons. The highest BCUT2D eigenvalue weighted by atomic mass is 19.1. The smallest absolute Gasteiger partial charge is 0.307 e. The van der Waals surface area contributed by atoms with Crippen LogP contribution in [0.4, 0.5) is 10.1 Å². The summed E-state index contributed by atoms with van der Waals surface area (Å²) in [6.07, 6.45) is -0.874. The van der Waals surface area contributed by atoms with Gasteiger partial charge in [0.05, 0.1) is 6.42 Å². The number of benzene rings is 2. The van der Waals surface area contributed by atoms with Crippen molar-refractivity contribution < 1.29 is 18.7 Å². The molecule has 1 N–H and O–H groups in total. The summed E-state index contributed by atoms with van der Waals surface area (Å²) in [6.45, 7) is 5.76. The highest BCUT2D eigenvalue weighted by Gasteiger charge is 2.27. The zero-order chi connectivity index (χ0) is 18.4. The minimum Gasteiger partial charge on any atom is -0.447 e. The number of nitrogens with one attached hydrogen (secondary N) is 1. The third kappa shape index (κ3) is 6.03. The van der Waals surface area contributed by atoms with E-state index in [2.05, 4.69) is 5.32 Å². The van der Waals surface area contributed by atoms with Crippen LogP contribution in [-0.2, 0) is 14.3 Å². The summed E-state index contributed by atoms with van der Waals surface area (Å²) >= 11 is 0. The lowest BCUT2D eigenvalue weighted by atomic mass is 9.92. The lowest BCUT2D eigenvalue weighted by Gasteiger charge is -2.21. The molecule has 0 spiro atoms. The summed E-state index contributed by atoms with van der Waals surface area (Å²) in [5.41, 5.74) is 0.759. The van der Waals surface area contributed by atoms with Crippen LogP contribution in [-0.4, -0.2) is 11.9 Å². The number of hydrogen-bond acceptors (Lipinski definition) is 3. The Labute approximate surface area is 147 Å². The monoisotopic (exact) mass is 343 g/mol. The van der Waals surface area contributed by atoms with Gasteiger partial charge in [0.1, 0.15) is 5.82 Å². The summed E-state index contributed by atoms with van der Waals surface area (Å²) in [5.74, 6) is -1.33. The molecular formula is C20H22FNO3. The Balaban J connectivity index is 2.17. The summed E-state index contributed by atoms with van der Waals surface area (Å²) in [5, 5.41) is 2.65. The zero-order valence-corrected chi connectivity index (χ0v) is 14.6. The van der Waals surface area contributed by atoms with Gasteiger partial charge in [-0.15, -0.1) is 0 Å². The van der Waals surface area contributed by atoms with Gasteiger partial charge in [-0.3, -0.25) is 9.59 Å². The van der Waals surface area contributed by atoms with Crippen molar-refractivity contribution in [2.75, 3.05) is 5.32 Å². The van der Waals surface area contributed by atoms with E-state index in [1.807, 2.05) is 26.8 Å². The van der Waals surface area contributed by atoms with Gasteiger partial charge in [-0.1, -0.05) is 51.1 Å². The molecule has 0 bridgehead atoms. The van der Waals surface area contributed by atoms with Gasteiger partial charge < -0.3 is 10.1 Å². The average molecular weight is 343 g/mol. The number of hydrogen-bond donors (Lipinski definition) is 1. The van der Waals surface area contributed by atoms with Crippen LogP contribution in [0.2, 0.25) is 0 Å².